The van der Waals surface area contributed by atoms with Crippen LogP contribution in [0.15, 0.2) is 24.3 Å². The normalized spacial score (nSPS) is 11.9. The molecule has 1 aromatic carbocycles. The van der Waals surface area contributed by atoms with Crippen molar-refractivity contribution in [2.75, 3.05) is 6.54 Å². The summed E-state index contributed by atoms with van der Waals surface area (Å²) >= 11 is 0. The van der Waals surface area contributed by atoms with Crippen LogP contribution in [0.1, 0.15) is 19.4 Å². The SMILES string of the molecule is CC(=O)OC(C)CNCc1ccc([N+](=O)[O-])cc1. The first-order valence-corrected chi connectivity index (χ1v) is 5.60. The Labute approximate surface area is 105 Å². The highest BCUT2D eigenvalue weighted by molar-refractivity contribution is 5.66. The van der Waals surface area contributed by atoms with Gasteiger partial charge in [0, 0.05) is 32.1 Å². The Balaban J connectivity index is 2.35. The van der Waals surface area contributed by atoms with E-state index in [0.717, 1.165) is 5.56 Å². The highest BCUT2D eigenvalue weighted by Crippen LogP contribution is 2.11. The largest absolute Gasteiger partial charge is 0.462 e. The lowest BCUT2D eigenvalue weighted by Gasteiger charge is -2.12. The number of hydrogen-bond donors (Lipinski definition) is 1. The van der Waals surface area contributed by atoms with Crippen molar-refractivity contribution in [3.8, 4) is 0 Å². The van der Waals surface area contributed by atoms with Gasteiger partial charge in [-0.15, -0.1) is 0 Å². The first-order chi connectivity index (χ1) is 8.49. The van der Waals surface area contributed by atoms with E-state index in [4.69, 9.17) is 4.74 Å². The van der Waals surface area contributed by atoms with Gasteiger partial charge in [-0.3, -0.25) is 14.9 Å². The Hall–Kier alpha value is -1.95. The molecule has 1 aromatic rings. The van der Waals surface area contributed by atoms with Crippen LogP contribution >= 0.6 is 0 Å². The van der Waals surface area contributed by atoms with Crippen molar-refractivity contribution in [1.29, 1.82) is 0 Å². The number of nitro benzene ring substituents is 1. The minimum absolute atomic E-state index is 0.0760. The minimum atomic E-state index is -0.431. The topological polar surface area (TPSA) is 81.5 Å². The maximum absolute atomic E-state index is 10.7. The van der Waals surface area contributed by atoms with Gasteiger partial charge in [0.05, 0.1) is 4.92 Å². The van der Waals surface area contributed by atoms with Gasteiger partial charge < -0.3 is 10.1 Å². The van der Waals surface area contributed by atoms with E-state index >= 15 is 0 Å². The number of nitro groups is 1. The maximum atomic E-state index is 10.7. The Kier molecular flexibility index (Phi) is 5.26. The highest BCUT2D eigenvalue weighted by atomic mass is 16.6. The third-order valence-electron chi connectivity index (χ3n) is 2.28. The predicted octanol–water partition coefficient (Wildman–Crippen LogP) is 1.64. The summed E-state index contributed by atoms with van der Waals surface area (Å²) in [7, 11) is 0. The lowest BCUT2D eigenvalue weighted by Crippen LogP contribution is -2.27. The summed E-state index contributed by atoms with van der Waals surface area (Å²) in [6.07, 6.45) is -0.194. The van der Waals surface area contributed by atoms with Crippen molar-refractivity contribution in [3.05, 3.63) is 39.9 Å². The zero-order valence-corrected chi connectivity index (χ0v) is 10.4. The zero-order chi connectivity index (χ0) is 13.5. The van der Waals surface area contributed by atoms with Crippen molar-refractivity contribution in [1.82, 2.24) is 5.32 Å². The molecule has 0 bridgehead atoms. The minimum Gasteiger partial charge on any atom is -0.462 e. The standard InChI is InChI=1S/C12H16N2O4/c1-9(18-10(2)15)7-13-8-11-3-5-12(6-4-11)14(16)17/h3-6,9,13H,7-8H2,1-2H3. The molecule has 0 aliphatic rings. The van der Waals surface area contributed by atoms with Crippen molar-refractivity contribution in [2.45, 2.75) is 26.5 Å². The average molecular weight is 252 g/mol. The molecular weight excluding hydrogens is 236 g/mol. The number of non-ortho nitro benzene ring substituents is 1. The fourth-order valence-electron chi connectivity index (χ4n) is 1.48. The number of hydrogen-bond acceptors (Lipinski definition) is 5. The fraction of sp³-hybridized carbons (Fsp3) is 0.417. The van der Waals surface area contributed by atoms with E-state index in [1.54, 1.807) is 19.1 Å². The molecule has 1 atom stereocenters. The van der Waals surface area contributed by atoms with Gasteiger partial charge in [-0.2, -0.15) is 0 Å². The molecule has 0 saturated carbocycles. The second kappa shape index (κ2) is 6.70. The fourth-order valence-corrected chi connectivity index (χ4v) is 1.48. The van der Waals surface area contributed by atoms with Crippen LogP contribution in [0.5, 0.6) is 0 Å². The monoisotopic (exact) mass is 252 g/mol. The van der Waals surface area contributed by atoms with Crippen LogP contribution in [0.25, 0.3) is 0 Å². The number of ether oxygens (including phenoxy) is 1. The maximum Gasteiger partial charge on any atom is 0.302 e. The molecule has 0 aromatic heterocycles. The molecule has 0 spiro atoms. The molecule has 1 rings (SSSR count). The lowest BCUT2D eigenvalue weighted by atomic mass is 10.2. The van der Waals surface area contributed by atoms with E-state index in [-0.39, 0.29) is 17.8 Å². The third kappa shape index (κ3) is 4.92. The molecule has 0 heterocycles. The summed E-state index contributed by atoms with van der Waals surface area (Å²) in [5.41, 5.74) is 1.02. The first-order valence-electron chi connectivity index (χ1n) is 5.60. The molecule has 0 aliphatic heterocycles. The van der Waals surface area contributed by atoms with Gasteiger partial charge in [-0.25, -0.2) is 0 Å². The molecule has 6 heteroatoms. The van der Waals surface area contributed by atoms with Crippen LogP contribution < -0.4 is 5.32 Å². The van der Waals surface area contributed by atoms with Gasteiger partial charge >= 0.3 is 5.97 Å². The van der Waals surface area contributed by atoms with Crippen LogP contribution in [0.3, 0.4) is 0 Å². The molecule has 0 saturated heterocycles. The van der Waals surface area contributed by atoms with Crippen LogP contribution in [-0.4, -0.2) is 23.5 Å². The Morgan fingerprint density at radius 1 is 1.44 bits per heavy atom. The molecule has 0 amide bonds. The number of nitrogens with zero attached hydrogens (tertiary/aromatic N) is 1. The molecule has 0 radical (unpaired) electrons. The lowest BCUT2D eigenvalue weighted by molar-refractivity contribution is -0.384. The van der Waals surface area contributed by atoms with Crippen molar-refractivity contribution in [3.63, 3.8) is 0 Å². The van der Waals surface area contributed by atoms with Crippen LogP contribution in [0.4, 0.5) is 5.69 Å². The molecule has 0 fully saturated rings. The smallest absolute Gasteiger partial charge is 0.302 e. The van der Waals surface area contributed by atoms with Gasteiger partial charge in [-0.05, 0) is 12.5 Å². The molecule has 1 N–H and O–H groups in total. The summed E-state index contributed by atoms with van der Waals surface area (Å²) in [5, 5.41) is 13.6. The van der Waals surface area contributed by atoms with Crippen LogP contribution in [0.2, 0.25) is 0 Å². The van der Waals surface area contributed by atoms with E-state index < -0.39 is 4.92 Å². The van der Waals surface area contributed by atoms with E-state index in [2.05, 4.69) is 5.32 Å². The molecular formula is C12H16N2O4. The number of benzene rings is 1. The summed E-state index contributed by atoms with van der Waals surface area (Å²) in [6, 6.07) is 6.32. The van der Waals surface area contributed by atoms with Crippen LogP contribution in [-0.2, 0) is 16.1 Å². The number of esters is 1. The van der Waals surface area contributed by atoms with E-state index in [0.29, 0.717) is 13.1 Å². The number of rotatable bonds is 6. The molecule has 98 valence electrons. The average Bonchev–Trinajstić information content (AvgIpc) is 2.28. The quantitative estimate of drug-likeness (QED) is 0.473. The Morgan fingerprint density at radius 3 is 2.56 bits per heavy atom. The summed E-state index contributed by atoms with van der Waals surface area (Å²) in [4.78, 5) is 20.7. The summed E-state index contributed by atoms with van der Waals surface area (Å²) in [6.45, 7) is 4.28. The van der Waals surface area contributed by atoms with Gasteiger partial charge in [-0.1, -0.05) is 12.1 Å². The second-order valence-corrected chi connectivity index (χ2v) is 3.97. The number of carbonyl (C=O) groups is 1. The van der Waals surface area contributed by atoms with Crippen LogP contribution in [0, 0.1) is 10.1 Å². The number of carbonyl (C=O) groups excluding carboxylic acids is 1. The predicted molar refractivity (Wildman–Crippen MR) is 66.0 cm³/mol. The zero-order valence-electron chi connectivity index (χ0n) is 10.4. The van der Waals surface area contributed by atoms with Gasteiger partial charge in [0.2, 0.25) is 0 Å². The number of nitrogens with one attached hydrogen (secondary N) is 1. The Morgan fingerprint density at radius 2 is 2.06 bits per heavy atom. The van der Waals surface area contributed by atoms with Gasteiger partial charge in [0.1, 0.15) is 6.10 Å². The van der Waals surface area contributed by atoms with Gasteiger partial charge in [0.15, 0.2) is 0 Å². The van der Waals surface area contributed by atoms with E-state index in [1.807, 2.05) is 0 Å². The van der Waals surface area contributed by atoms with Gasteiger partial charge in [0.25, 0.3) is 5.69 Å². The van der Waals surface area contributed by atoms with E-state index in [1.165, 1.54) is 19.1 Å². The highest BCUT2D eigenvalue weighted by Gasteiger charge is 2.06. The van der Waals surface area contributed by atoms with Crippen molar-refractivity contribution < 1.29 is 14.5 Å². The summed E-state index contributed by atoms with van der Waals surface area (Å²) < 4.78 is 4.95. The second-order valence-electron chi connectivity index (χ2n) is 3.97. The van der Waals surface area contributed by atoms with Crippen molar-refractivity contribution in [2.24, 2.45) is 0 Å². The molecule has 6 nitrogen and oxygen atoms in total. The van der Waals surface area contributed by atoms with E-state index in [9.17, 15) is 14.9 Å². The molecule has 1 unspecified atom stereocenters. The molecule has 0 aliphatic carbocycles. The Bertz CT molecular complexity index is 417. The summed E-state index contributed by atoms with van der Waals surface area (Å²) in [5.74, 6) is -0.306. The molecule has 18 heavy (non-hydrogen) atoms. The third-order valence-corrected chi connectivity index (χ3v) is 2.28. The first kappa shape index (κ1) is 14.1. The van der Waals surface area contributed by atoms with Crippen molar-refractivity contribution >= 4 is 11.7 Å².